The Labute approximate surface area is 131 Å². The number of rotatable bonds is 5. The Morgan fingerprint density at radius 2 is 1.91 bits per heavy atom. The molecule has 4 heteroatoms. The van der Waals surface area contributed by atoms with E-state index in [0.29, 0.717) is 12.3 Å². The van der Waals surface area contributed by atoms with Crippen LogP contribution in [-0.4, -0.2) is 12.0 Å². The average Bonchev–Trinajstić information content (AvgIpc) is 2.97. The molecule has 0 bridgehead atoms. The van der Waals surface area contributed by atoms with Crippen molar-refractivity contribution >= 4 is 5.91 Å². The summed E-state index contributed by atoms with van der Waals surface area (Å²) in [5.41, 5.74) is 1.33. The summed E-state index contributed by atoms with van der Waals surface area (Å²) in [4.78, 5) is 12.0. The van der Waals surface area contributed by atoms with Crippen LogP contribution in [0.25, 0.3) is 0 Å². The molecule has 0 saturated heterocycles. The van der Waals surface area contributed by atoms with Crippen molar-refractivity contribution in [2.75, 3.05) is 0 Å². The van der Waals surface area contributed by atoms with Gasteiger partial charge in [-0.2, -0.15) is 0 Å². The van der Waals surface area contributed by atoms with E-state index in [0.717, 1.165) is 5.76 Å². The van der Waals surface area contributed by atoms with Gasteiger partial charge in [0, 0.05) is 0 Å². The number of furan rings is 1. The molecule has 0 aliphatic rings. The standard InChI is InChI=1S/C18H23NO3/c1-13(17(20)19-12-16-6-5-11-21-16)22-15-9-7-14(8-10-15)18(2,3)4/h5-11,13H,12H2,1-4H3,(H,19,20). The third-order valence-electron chi connectivity index (χ3n) is 3.42. The van der Waals surface area contributed by atoms with Gasteiger partial charge in [-0.15, -0.1) is 0 Å². The van der Waals surface area contributed by atoms with Crippen molar-refractivity contribution in [2.45, 2.75) is 45.8 Å². The van der Waals surface area contributed by atoms with Crippen LogP contribution in [0.3, 0.4) is 0 Å². The van der Waals surface area contributed by atoms with Crippen molar-refractivity contribution in [3.8, 4) is 5.75 Å². The maximum Gasteiger partial charge on any atom is 0.261 e. The van der Waals surface area contributed by atoms with E-state index in [-0.39, 0.29) is 11.3 Å². The Hall–Kier alpha value is -2.23. The van der Waals surface area contributed by atoms with Crippen LogP contribution >= 0.6 is 0 Å². The van der Waals surface area contributed by atoms with E-state index >= 15 is 0 Å². The molecule has 0 saturated carbocycles. The van der Waals surface area contributed by atoms with E-state index in [4.69, 9.17) is 9.15 Å². The minimum absolute atomic E-state index is 0.102. The van der Waals surface area contributed by atoms with Crippen molar-refractivity contribution in [3.63, 3.8) is 0 Å². The molecule has 1 aromatic heterocycles. The zero-order valence-corrected chi connectivity index (χ0v) is 13.6. The molecule has 1 heterocycles. The van der Waals surface area contributed by atoms with Gasteiger partial charge in [-0.05, 0) is 42.2 Å². The summed E-state index contributed by atoms with van der Waals surface area (Å²) in [6, 6.07) is 11.5. The average molecular weight is 301 g/mol. The lowest BCUT2D eigenvalue weighted by Gasteiger charge is -2.20. The molecule has 2 aromatic rings. The van der Waals surface area contributed by atoms with Gasteiger partial charge in [-0.3, -0.25) is 4.79 Å². The second-order valence-corrected chi connectivity index (χ2v) is 6.33. The van der Waals surface area contributed by atoms with E-state index in [1.165, 1.54) is 5.56 Å². The topological polar surface area (TPSA) is 51.5 Å². The first-order valence-corrected chi connectivity index (χ1v) is 7.43. The second-order valence-electron chi connectivity index (χ2n) is 6.33. The Morgan fingerprint density at radius 3 is 2.45 bits per heavy atom. The Balaban J connectivity index is 1.88. The molecule has 0 aliphatic heterocycles. The maximum absolute atomic E-state index is 12.0. The first-order chi connectivity index (χ1) is 10.4. The zero-order chi connectivity index (χ0) is 16.2. The molecule has 1 aromatic carbocycles. The second kappa shape index (κ2) is 6.69. The SMILES string of the molecule is CC(Oc1ccc(C(C)(C)C)cc1)C(=O)NCc1ccco1. The summed E-state index contributed by atoms with van der Waals surface area (Å²) in [6.07, 6.45) is 1.02. The Kier molecular flexibility index (Phi) is 4.91. The van der Waals surface area contributed by atoms with Crippen LogP contribution in [0.5, 0.6) is 5.75 Å². The predicted molar refractivity (Wildman–Crippen MR) is 85.8 cm³/mol. The van der Waals surface area contributed by atoms with Crippen LogP contribution in [-0.2, 0) is 16.8 Å². The Morgan fingerprint density at radius 1 is 1.23 bits per heavy atom. The van der Waals surface area contributed by atoms with E-state index in [9.17, 15) is 4.79 Å². The summed E-state index contributed by atoms with van der Waals surface area (Å²) in [7, 11) is 0. The fraction of sp³-hybridized carbons (Fsp3) is 0.389. The maximum atomic E-state index is 12.0. The van der Waals surface area contributed by atoms with E-state index in [1.807, 2.05) is 30.3 Å². The highest BCUT2D eigenvalue weighted by Crippen LogP contribution is 2.24. The molecular weight excluding hydrogens is 278 g/mol. The van der Waals surface area contributed by atoms with Crippen LogP contribution < -0.4 is 10.1 Å². The third-order valence-corrected chi connectivity index (χ3v) is 3.42. The lowest BCUT2D eigenvalue weighted by molar-refractivity contribution is -0.127. The molecule has 0 aliphatic carbocycles. The minimum Gasteiger partial charge on any atom is -0.481 e. The lowest BCUT2D eigenvalue weighted by Crippen LogP contribution is -2.35. The van der Waals surface area contributed by atoms with Gasteiger partial charge in [0.1, 0.15) is 11.5 Å². The number of hydrogen-bond donors (Lipinski definition) is 1. The smallest absolute Gasteiger partial charge is 0.261 e. The van der Waals surface area contributed by atoms with Gasteiger partial charge in [0.2, 0.25) is 0 Å². The van der Waals surface area contributed by atoms with E-state index in [2.05, 4.69) is 26.1 Å². The van der Waals surface area contributed by atoms with Gasteiger partial charge in [-0.1, -0.05) is 32.9 Å². The molecule has 1 atom stereocenters. The first kappa shape index (κ1) is 16.1. The third kappa shape index (κ3) is 4.38. The highest BCUT2D eigenvalue weighted by atomic mass is 16.5. The number of ether oxygens (including phenoxy) is 1. The van der Waals surface area contributed by atoms with Crippen LogP contribution in [0.1, 0.15) is 39.0 Å². The fourth-order valence-electron chi connectivity index (χ4n) is 2.02. The number of nitrogens with one attached hydrogen (secondary N) is 1. The molecule has 0 spiro atoms. The summed E-state index contributed by atoms with van der Waals surface area (Å²) in [6.45, 7) is 8.58. The van der Waals surface area contributed by atoms with Gasteiger partial charge in [0.25, 0.3) is 5.91 Å². The van der Waals surface area contributed by atoms with Gasteiger partial charge in [0.15, 0.2) is 6.10 Å². The number of amides is 1. The first-order valence-electron chi connectivity index (χ1n) is 7.43. The van der Waals surface area contributed by atoms with Crippen LogP contribution in [0, 0.1) is 0 Å². The number of hydrogen-bond acceptors (Lipinski definition) is 3. The number of carbonyl (C=O) groups excluding carboxylic acids is 1. The van der Waals surface area contributed by atoms with Crippen molar-refractivity contribution < 1.29 is 13.9 Å². The van der Waals surface area contributed by atoms with Gasteiger partial charge in [0.05, 0.1) is 12.8 Å². The van der Waals surface area contributed by atoms with Crippen LogP contribution in [0.15, 0.2) is 47.1 Å². The van der Waals surface area contributed by atoms with Crippen LogP contribution in [0.4, 0.5) is 0 Å². The zero-order valence-electron chi connectivity index (χ0n) is 13.6. The summed E-state index contributed by atoms with van der Waals surface area (Å²) in [5, 5.41) is 2.78. The van der Waals surface area contributed by atoms with Crippen molar-refractivity contribution in [1.82, 2.24) is 5.32 Å². The monoisotopic (exact) mass is 301 g/mol. The largest absolute Gasteiger partial charge is 0.481 e. The molecule has 1 amide bonds. The molecule has 22 heavy (non-hydrogen) atoms. The van der Waals surface area contributed by atoms with Crippen molar-refractivity contribution in [2.24, 2.45) is 0 Å². The fourth-order valence-corrected chi connectivity index (χ4v) is 2.02. The van der Waals surface area contributed by atoms with Gasteiger partial charge >= 0.3 is 0 Å². The van der Waals surface area contributed by atoms with Crippen molar-refractivity contribution in [1.29, 1.82) is 0 Å². The van der Waals surface area contributed by atoms with E-state index in [1.54, 1.807) is 19.3 Å². The van der Waals surface area contributed by atoms with Gasteiger partial charge in [-0.25, -0.2) is 0 Å². The molecule has 118 valence electrons. The van der Waals surface area contributed by atoms with E-state index < -0.39 is 6.10 Å². The minimum atomic E-state index is -0.560. The molecule has 1 unspecified atom stereocenters. The predicted octanol–water partition coefficient (Wildman–Crippen LogP) is 3.66. The lowest BCUT2D eigenvalue weighted by atomic mass is 9.87. The number of benzene rings is 1. The highest BCUT2D eigenvalue weighted by molar-refractivity contribution is 5.80. The van der Waals surface area contributed by atoms with Crippen molar-refractivity contribution in [3.05, 3.63) is 54.0 Å². The molecular formula is C18H23NO3. The normalized spacial score (nSPS) is 12.7. The highest BCUT2D eigenvalue weighted by Gasteiger charge is 2.16. The molecule has 1 N–H and O–H groups in total. The molecule has 0 radical (unpaired) electrons. The summed E-state index contributed by atoms with van der Waals surface area (Å²) < 4.78 is 10.8. The quantitative estimate of drug-likeness (QED) is 0.917. The molecule has 0 fully saturated rings. The van der Waals surface area contributed by atoms with Gasteiger partial charge < -0.3 is 14.5 Å². The molecule has 2 rings (SSSR count). The van der Waals surface area contributed by atoms with Crippen LogP contribution in [0.2, 0.25) is 0 Å². The number of carbonyl (C=O) groups is 1. The summed E-state index contributed by atoms with van der Waals surface area (Å²) >= 11 is 0. The Bertz CT molecular complexity index is 594. The summed E-state index contributed by atoms with van der Waals surface area (Å²) in [5.74, 6) is 1.24. The molecule has 4 nitrogen and oxygen atoms in total.